The van der Waals surface area contributed by atoms with E-state index < -0.39 is 6.10 Å². The van der Waals surface area contributed by atoms with Crippen molar-refractivity contribution in [2.24, 2.45) is 7.05 Å². The molecule has 18 heavy (non-hydrogen) atoms. The van der Waals surface area contributed by atoms with Crippen molar-refractivity contribution in [3.63, 3.8) is 0 Å². The van der Waals surface area contributed by atoms with E-state index in [2.05, 4.69) is 10.1 Å². The number of aromatic nitrogens is 3. The molecular weight excluding hydrogens is 226 g/mol. The molecular formula is C14H19N3O. The Morgan fingerprint density at radius 2 is 2.06 bits per heavy atom. The van der Waals surface area contributed by atoms with Crippen LogP contribution < -0.4 is 0 Å². The molecule has 0 bridgehead atoms. The number of rotatable bonds is 3. The zero-order valence-corrected chi connectivity index (χ0v) is 11.3. The summed E-state index contributed by atoms with van der Waals surface area (Å²) in [5.41, 5.74) is 5.16. The fraction of sp³-hybridized carbons (Fsp3) is 0.429. The van der Waals surface area contributed by atoms with Crippen molar-refractivity contribution in [3.8, 4) is 0 Å². The van der Waals surface area contributed by atoms with Crippen LogP contribution in [0.4, 0.5) is 0 Å². The molecule has 0 radical (unpaired) electrons. The molecule has 4 heteroatoms. The maximum absolute atomic E-state index is 10.3. The summed E-state index contributed by atoms with van der Waals surface area (Å²) in [5, 5.41) is 14.7. The van der Waals surface area contributed by atoms with Crippen LogP contribution in [0.15, 0.2) is 18.5 Å². The quantitative estimate of drug-likeness (QED) is 0.900. The van der Waals surface area contributed by atoms with Crippen LogP contribution in [-0.4, -0.2) is 19.9 Å². The SMILES string of the molecule is Cc1ccncc1C(O)Cc1c(C)nn(C)c1C. The first kappa shape index (κ1) is 12.8. The van der Waals surface area contributed by atoms with Gasteiger partial charge in [0.15, 0.2) is 0 Å². The molecule has 4 nitrogen and oxygen atoms in total. The Balaban J connectivity index is 2.27. The van der Waals surface area contributed by atoms with Crippen molar-refractivity contribution >= 4 is 0 Å². The lowest BCUT2D eigenvalue weighted by atomic mass is 9.98. The lowest BCUT2D eigenvalue weighted by molar-refractivity contribution is 0.177. The average molecular weight is 245 g/mol. The van der Waals surface area contributed by atoms with Crippen molar-refractivity contribution in [1.82, 2.24) is 14.8 Å². The molecule has 0 aliphatic rings. The lowest BCUT2D eigenvalue weighted by Gasteiger charge is -2.13. The summed E-state index contributed by atoms with van der Waals surface area (Å²) in [7, 11) is 1.92. The zero-order valence-electron chi connectivity index (χ0n) is 11.3. The highest BCUT2D eigenvalue weighted by Gasteiger charge is 2.16. The van der Waals surface area contributed by atoms with E-state index in [9.17, 15) is 5.11 Å². The van der Waals surface area contributed by atoms with Crippen LogP contribution in [0.25, 0.3) is 0 Å². The van der Waals surface area contributed by atoms with E-state index in [0.717, 1.165) is 28.1 Å². The first-order valence-corrected chi connectivity index (χ1v) is 6.08. The number of pyridine rings is 1. The van der Waals surface area contributed by atoms with Gasteiger partial charge in [0.1, 0.15) is 0 Å². The summed E-state index contributed by atoms with van der Waals surface area (Å²) in [6.07, 6.45) is 3.53. The molecule has 2 heterocycles. The summed E-state index contributed by atoms with van der Waals surface area (Å²) in [5.74, 6) is 0. The van der Waals surface area contributed by atoms with Gasteiger partial charge in [-0.3, -0.25) is 9.67 Å². The Morgan fingerprint density at radius 3 is 2.61 bits per heavy atom. The van der Waals surface area contributed by atoms with E-state index in [1.54, 1.807) is 12.4 Å². The molecule has 0 saturated carbocycles. The van der Waals surface area contributed by atoms with Gasteiger partial charge in [0.2, 0.25) is 0 Å². The molecule has 0 amide bonds. The molecule has 0 spiro atoms. The maximum atomic E-state index is 10.3. The third-order valence-corrected chi connectivity index (χ3v) is 3.49. The lowest BCUT2D eigenvalue weighted by Crippen LogP contribution is -2.06. The molecule has 1 atom stereocenters. The highest BCUT2D eigenvalue weighted by Crippen LogP contribution is 2.23. The van der Waals surface area contributed by atoms with Gasteiger partial charge in [0, 0.05) is 37.1 Å². The molecule has 0 fully saturated rings. The molecule has 0 aliphatic heterocycles. The molecule has 2 rings (SSSR count). The molecule has 0 aromatic carbocycles. The second kappa shape index (κ2) is 4.90. The van der Waals surface area contributed by atoms with Crippen molar-refractivity contribution in [3.05, 3.63) is 46.5 Å². The van der Waals surface area contributed by atoms with Gasteiger partial charge in [-0.2, -0.15) is 5.10 Å². The molecule has 1 N–H and O–H groups in total. The van der Waals surface area contributed by atoms with E-state index >= 15 is 0 Å². The Hall–Kier alpha value is -1.68. The molecule has 0 saturated heterocycles. The van der Waals surface area contributed by atoms with Crippen LogP contribution in [0.2, 0.25) is 0 Å². The van der Waals surface area contributed by atoms with Gasteiger partial charge in [-0.25, -0.2) is 0 Å². The average Bonchev–Trinajstić information content (AvgIpc) is 2.56. The van der Waals surface area contributed by atoms with Crippen molar-refractivity contribution < 1.29 is 5.11 Å². The molecule has 1 unspecified atom stereocenters. The van der Waals surface area contributed by atoms with Crippen molar-refractivity contribution in [2.45, 2.75) is 33.3 Å². The maximum Gasteiger partial charge on any atom is 0.0849 e. The number of aryl methyl sites for hydroxylation is 3. The second-order valence-corrected chi connectivity index (χ2v) is 4.73. The molecule has 2 aromatic heterocycles. The number of hydrogen-bond donors (Lipinski definition) is 1. The Bertz CT molecular complexity index is 560. The van der Waals surface area contributed by atoms with Gasteiger partial charge >= 0.3 is 0 Å². The predicted octanol–water partition coefficient (Wildman–Crippen LogP) is 2.02. The van der Waals surface area contributed by atoms with Gasteiger partial charge in [-0.05, 0) is 38.0 Å². The fourth-order valence-corrected chi connectivity index (χ4v) is 2.24. The van der Waals surface area contributed by atoms with Gasteiger partial charge in [0.25, 0.3) is 0 Å². The normalized spacial score (nSPS) is 12.7. The topological polar surface area (TPSA) is 50.9 Å². The number of aliphatic hydroxyl groups excluding tert-OH is 1. The number of hydrogen-bond acceptors (Lipinski definition) is 3. The molecule has 96 valence electrons. The minimum Gasteiger partial charge on any atom is -0.388 e. The predicted molar refractivity (Wildman–Crippen MR) is 70.3 cm³/mol. The smallest absolute Gasteiger partial charge is 0.0849 e. The Morgan fingerprint density at radius 1 is 1.33 bits per heavy atom. The van der Waals surface area contributed by atoms with E-state index in [-0.39, 0.29) is 0 Å². The van der Waals surface area contributed by atoms with Gasteiger partial charge in [0.05, 0.1) is 11.8 Å². The summed E-state index contributed by atoms with van der Waals surface area (Å²) in [6, 6.07) is 1.92. The van der Waals surface area contributed by atoms with Crippen LogP contribution in [0.1, 0.15) is 34.2 Å². The number of aliphatic hydroxyl groups is 1. The van der Waals surface area contributed by atoms with Gasteiger partial charge in [-0.1, -0.05) is 0 Å². The third-order valence-electron chi connectivity index (χ3n) is 3.49. The Kier molecular flexibility index (Phi) is 3.48. The van der Waals surface area contributed by atoms with Crippen LogP contribution in [-0.2, 0) is 13.5 Å². The van der Waals surface area contributed by atoms with E-state index in [1.165, 1.54) is 0 Å². The number of nitrogens with zero attached hydrogens (tertiary/aromatic N) is 3. The van der Waals surface area contributed by atoms with Crippen LogP contribution in [0, 0.1) is 20.8 Å². The minimum absolute atomic E-state index is 0.528. The summed E-state index contributed by atoms with van der Waals surface area (Å²) < 4.78 is 1.85. The van der Waals surface area contributed by atoms with E-state index in [4.69, 9.17) is 0 Å². The third kappa shape index (κ3) is 2.29. The zero-order chi connectivity index (χ0) is 13.3. The standard InChI is InChI=1S/C14H19N3O/c1-9-5-6-15-8-13(9)14(18)7-12-10(2)16-17(4)11(12)3/h5-6,8,14,18H,7H2,1-4H3. The monoisotopic (exact) mass is 245 g/mol. The fourth-order valence-electron chi connectivity index (χ4n) is 2.24. The van der Waals surface area contributed by atoms with Crippen molar-refractivity contribution in [2.75, 3.05) is 0 Å². The van der Waals surface area contributed by atoms with E-state index in [0.29, 0.717) is 6.42 Å². The highest BCUT2D eigenvalue weighted by molar-refractivity contribution is 5.30. The van der Waals surface area contributed by atoms with Gasteiger partial charge in [-0.15, -0.1) is 0 Å². The van der Waals surface area contributed by atoms with Gasteiger partial charge < -0.3 is 5.11 Å². The summed E-state index contributed by atoms with van der Waals surface area (Å²) in [6.45, 7) is 5.99. The summed E-state index contributed by atoms with van der Waals surface area (Å²) >= 11 is 0. The van der Waals surface area contributed by atoms with Crippen LogP contribution in [0.3, 0.4) is 0 Å². The van der Waals surface area contributed by atoms with Crippen LogP contribution in [0.5, 0.6) is 0 Å². The largest absolute Gasteiger partial charge is 0.388 e. The molecule has 2 aromatic rings. The summed E-state index contributed by atoms with van der Waals surface area (Å²) in [4.78, 5) is 4.08. The second-order valence-electron chi connectivity index (χ2n) is 4.73. The van der Waals surface area contributed by atoms with Crippen LogP contribution >= 0.6 is 0 Å². The first-order chi connectivity index (χ1) is 8.50. The first-order valence-electron chi connectivity index (χ1n) is 6.08. The highest BCUT2D eigenvalue weighted by atomic mass is 16.3. The molecule has 0 aliphatic carbocycles. The minimum atomic E-state index is -0.528. The van der Waals surface area contributed by atoms with Crippen molar-refractivity contribution in [1.29, 1.82) is 0 Å². The Labute approximate surface area is 107 Å². The van der Waals surface area contributed by atoms with E-state index in [1.807, 2.05) is 38.6 Å².